The highest BCUT2D eigenvalue weighted by atomic mass is 79.9. The Hall–Kier alpha value is -0.190. The molecule has 0 aromatic carbocycles. The molecule has 0 saturated heterocycles. The molecule has 13 heavy (non-hydrogen) atoms. The molecule has 2 nitrogen and oxygen atoms in total. The normalized spacial score (nSPS) is 12.8. The second-order valence-corrected chi connectivity index (χ2v) is 4.77. The third-order valence-corrected chi connectivity index (χ3v) is 3.58. The summed E-state index contributed by atoms with van der Waals surface area (Å²) in [5.74, 6) is 0.212. The van der Waals surface area contributed by atoms with Crippen molar-refractivity contribution in [2.24, 2.45) is 0 Å². The lowest BCUT2D eigenvalue weighted by Gasteiger charge is -2.11. The van der Waals surface area contributed by atoms with E-state index >= 15 is 0 Å². The van der Waals surface area contributed by atoms with Gasteiger partial charge >= 0.3 is 0 Å². The summed E-state index contributed by atoms with van der Waals surface area (Å²) in [6.07, 6.45) is 0.559. The van der Waals surface area contributed by atoms with Gasteiger partial charge < -0.3 is 5.32 Å². The SMILES string of the molecule is CNC(CC(C)=O)c1cc(Br)cs1. The third kappa shape index (κ3) is 3.21. The molecule has 0 saturated carbocycles. The van der Waals surface area contributed by atoms with Crippen molar-refractivity contribution in [2.75, 3.05) is 7.05 Å². The number of Topliss-reactive ketones (excluding diaryl/α,β-unsaturated/α-hetero) is 1. The third-order valence-electron chi connectivity index (χ3n) is 1.77. The van der Waals surface area contributed by atoms with Gasteiger partial charge in [-0.3, -0.25) is 4.79 Å². The second-order valence-electron chi connectivity index (χ2n) is 2.91. The largest absolute Gasteiger partial charge is 0.312 e. The zero-order valence-corrected chi connectivity index (χ0v) is 10.0. The summed E-state index contributed by atoms with van der Waals surface area (Å²) in [6, 6.07) is 2.21. The molecule has 1 heterocycles. The summed E-state index contributed by atoms with van der Waals surface area (Å²) >= 11 is 5.06. The fourth-order valence-corrected chi connectivity index (χ4v) is 2.70. The van der Waals surface area contributed by atoms with Gasteiger partial charge in [0.1, 0.15) is 5.78 Å². The standard InChI is InChI=1S/C9H12BrNOS/c1-6(12)3-8(11-2)9-4-7(10)5-13-9/h4-5,8,11H,3H2,1-2H3. The molecule has 0 radical (unpaired) electrons. The first-order chi connectivity index (χ1) is 6.13. The zero-order chi connectivity index (χ0) is 9.84. The van der Waals surface area contributed by atoms with E-state index in [0.717, 1.165) is 4.47 Å². The summed E-state index contributed by atoms with van der Waals surface area (Å²) < 4.78 is 1.08. The number of carbonyl (C=O) groups is 1. The van der Waals surface area contributed by atoms with Crippen molar-refractivity contribution >= 4 is 33.0 Å². The van der Waals surface area contributed by atoms with E-state index in [1.54, 1.807) is 18.3 Å². The van der Waals surface area contributed by atoms with Gasteiger partial charge in [-0.05, 0) is 36.0 Å². The summed E-state index contributed by atoms with van der Waals surface area (Å²) in [6.45, 7) is 1.62. The van der Waals surface area contributed by atoms with Crippen LogP contribution in [0.4, 0.5) is 0 Å². The number of halogens is 1. The number of rotatable bonds is 4. The average Bonchev–Trinajstić information content (AvgIpc) is 2.47. The van der Waals surface area contributed by atoms with Crippen molar-refractivity contribution in [1.29, 1.82) is 0 Å². The van der Waals surface area contributed by atoms with Gasteiger partial charge in [0, 0.05) is 27.2 Å². The number of hydrogen-bond acceptors (Lipinski definition) is 3. The smallest absolute Gasteiger partial charge is 0.131 e. The van der Waals surface area contributed by atoms with Crippen LogP contribution < -0.4 is 5.32 Å². The molecule has 4 heteroatoms. The Morgan fingerprint density at radius 3 is 2.85 bits per heavy atom. The Bertz CT molecular complexity index is 298. The van der Waals surface area contributed by atoms with Crippen LogP contribution in [-0.2, 0) is 4.79 Å². The van der Waals surface area contributed by atoms with Crippen molar-refractivity contribution in [3.8, 4) is 0 Å². The first-order valence-corrected chi connectivity index (χ1v) is 5.71. The molecule has 0 fully saturated rings. The number of carbonyl (C=O) groups excluding carboxylic acids is 1. The minimum absolute atomic E-state index is 0.161. The highest BCUT2D eigenvalue weighted by Crippen LogP contribution is 2.27. The van der Waals surface area contributed by atoms with Crippen LogP contribution in [0.3, 0.4) is 0 Å². The lowest BCUT2D eigenvalue weighted by molar-refractivity contribution is -0.117. The zero-order valence-electron chi connectivity index (χ0n) is 7.63. The molecular formula is C9H12BrNOS. The lowest BCUT2D eigenvalue weighted by Crippen LogP contribution is -2.17. The molecule has 1 rings (SSSR count). The molecule has 0 bridgehead atoms. The Morgan fingerprint density at radius 2 is 2.46 bits per heavy atom. The van der Waals surface area contributed by atoms with Crippen LogP contribution in [0.25, 0.3) is 0 Å². The molecule has 1 unspecified atom stereocenters. The van der Waals surface area contributed by atoms with Gasteiger partial charge in [-0.2, -0.15) is 0 Å². The van der Waals surface area contributed by atoms with E-state index in [2.05, 4.69) is 27.3 Å². The van der Waals surface area contributed by atoms with Crippen LogP contribution in [0.15, 0.2) is 15.9 Å². The average molecular weight is 262 g/mol. The van der Waals surface area contributed by atoms with Crippen LogP contribution >= 0.6 is 27.3 Å². The van der Waals surface area contributed by atoms with E-state index in [-0.39, 0.29) is 11.8 Å². The molecular weight excluding hydrogens is 250 g/mol. The summed E-state index contributed by atoms with van der Waals surface area (Å²) in [5.41, 5.74) is 0. The van der Waals surface area contributed by atoms with Crippen LogP contribution in [0.1, 0.15) is 24.3 Å². The van der Waals surface area contributed by atoms with E-state index in [9.17, 15) is 4.79 Å². The van der Waals surface area contributed by atoms with Crippen molar-refractivity contribution in [3.05, 3.63) is 20.8 Å². The topological polar surface area (TPSA) is 29.1 Å². The van der Waals surface area contributed by atoms with E-state index in [4.69, 9.17) is 0 Å². The summed E-state index contributed by atoms with van der Waals surface area (Å²) in [4.78, 5) is 12.1. The summed E-state index contributed by atoms with van der Waals surface area (Å²) in [5, 5.41) is 5.16. The molecule has 0 spiro atoms. The number of thiophene rings is 1. The van der Waals surface area contributed by atoms with Gasteiger partial charge in [-0.15, -0.1) is 11.3 Å². The van der Waals surface area contributed by atoms with Crippen molar-refractivity contribution in [1.82, 2.24) is 5.32 Å². The molecule has 1 atom stereocenters. The maximum Gasteiger partial charge on any atom is 0.131 e. The second kappa shape index (κ2) is 4.88. The van der Waals surface area contributed by atoms with E-state index in [1.165, 1.54) is 4.88 Å². The van der Waals surface area contributed by atoms with E-state index in [0.29, 0.717) is 6.42 Å². The predicted octanol–water partition coefficient (Wildman–Crippen LogP) is 2.75. The van der Waals surface area contributed by atoms with Crippen LogP contribution in [0.5, 0.6) is 0 Å². The molecule has 0 aliphatic rings. The summed E-state index contributed by atoms with van der Waals surface area (Å²) in [7, 11) is 1.88. The first kappa shape index (κ1) is 10.9. The number of nitrogens with one attached hydrogen (secondary N) is 1. The van der Waals surface area contributed by atoms with E-state index < -0.39 is 0 Å². The Kier molecular flexibility index (Phi) is 4.09. The van der Waals surface area contributed by atoms with Gasteiger partial charge in [0.15, 0.2) is 0 Å². The monoisotopic (exact) mass is 261 g/mol. The maximum atomic E-state index is 10.9. The first-order valence-electron chi connectivity index (χ1n) is 4.04. The molecule has 1 aromatic heterocycles. The molecule has 0 amide bonds. The number of hydrogen-bond donors (Lipinski definition) is 1. The highest BCUT2D eigenvalue weighted by Gasteiger charge is 2.13. The fourth-order valence-electron chi connectivity index (χ4n) is 1.14. The maximum absolute atomic E-state index is 10.9. The van der Waals surface area contributed by atoms with Gasteiger partial charge in [0.25, 0.3) is 0 Å². The van der Waals surface area contributed by atoms with Gasteiger partial charge in [0.2, 0.25) is 0 Å². The Balaban J connectivity index is 2.72. The number of ketones is 1. The highest BCUT2D eigenvalue weighted by molar-refractivity contribution is 9.10. The van der Waals surface area contributed by atoms with Gasteiger partial charge in [-0.1, -0.05) is 0 Å². The minimum Gasteiger partial charge on any atom is -0.312 e. The van der Waals surface area contributed by atoms with Crippen LogP contribution in [0, 0.1) is 0 Å². The quantitative estimate of drug-likeness (QED) is 0.904. The van der Waals surface area contributed by atoms with Gasteiger partial charge in [0.05, 0.1) is 0 Å². The fraction of sp³-hybridized carbons (Fsp3) is 0.444. The molecule has 0 aliphatic heterocycles. The van der Waals surface area contributed by atoms with Crippen molar-refractivity contribution < 1.29 is 4.79 Å². The molecule has 1 aromatic rings. The van der Waals surface area contributed by atoms with Crippen molar-refractivity contribution in [3.63, 3.8) is 0 Å². The predicted molar refractivity (Wildman–Crippen MR) is 59.1 cm³/mol. The molecule has 1 N–H and O–H groups in total. The molecule has 72 valence electrons. The van der Waals surface area contributed by atoms with Crippen LogP contribution in [0.2, 0.25) is 0 Å². The van der Waals surface area contributed by atoms with Crippen molar-refractivity contribution in [2.45, 2.75) is 19.4 Å². The Morgan fingerprint density at radius 1 is 1.77 bits per heavy atom. The molecule has 0 aliphatic carbocycles. The lowest BCUT2D eigenvalue weighted by atomic mass is 10.1. The van der Waals surface area contributed by atoms with Gasteiger partial charge in [-0.25, -0.2) is 0 Å². The Labute approximate surface area is 90.5 Å². The van der Waals surface area contributed by atoms with E-state index in [1.807, 2.05) is 12.4 Å². The minimum atomic E-state index is 0.161. The van der Waals surface area contributed by atoms with Crippen LogP contribution in [-0.4, -0.2) is 12.8 Å².